The van der Waals surface area contributed by atoms with Gasteiger partial charge in [0.15, 0.2) is 0 Å². The van der Waals surface area contributed by atoms with Gasteiger partial charge < -0.3 is 20.9 Å². The Balaban J connectivity index is 3.19. The number of para-hydroxylation sites is 1. The number of nitrogens with two attached hydrogens (primary N) is 2. The number of aliphatic imine (C=N–C) groups is 1. The number of ether oxygens (including phenoxy) is 2. The van der Waals surface area contributed by atoms with Crippen molar-refractivity contribution >= 4 is 23.8 Å². The Bertz CT molecular complexity index is 730. The molecule has 2 amide bonds. The van der Waals surface area contributed by atoms with E-state index in [9.17, 15) is 9.59 Å². The number of guanidine groups is 1. The molecule has 0 unspecified atom stereocenters. The Morgan fingerprint density at radius 2 is 1.63 bits per heavy atom. The van der Waals surface area contributed by atoms with Crippen molar-refractivity contribution in [3.8, 4) is 0 Å². The molecule has 0 saturated heterocycles. The van der Waals surface area contributed by atoms with Crippen LogP contribution in [-0.2, 0) is 16.0 Å². The molecule has 4 N–H and O–H groups in total. The van der Waals surface area contributed by atoms with Gasteiger partial charge in [-0.25, -0.2) is 14.5 Å². The molecule has 0 radical (unpaired) electrons. The first kappa shape index (κ1) is 22.3. The third kappa shape index (κ3) is 7.55. The van der Waals surface area contributed by atoms with Crippen LogP contribution in [0.2, 0.25) is 0 Å². The van der Waals surface area contributed by atoms with Crippen LogP contribution in [0.3, 0.4) is 0 Å². The molecule has 0 heterocycles. The van der Waals surface area contributed by atoms with Crippen LogP contribution in [0, 0.1) is 6.92 Å². The number of aryl methyl sites for hydroxylation is 1. The fourth-order valence-corrected chi connectivity index (χ4v) is 2.04. The lowest BCUT2D eigenvalue weighted by Gasteiger charge is -2.27. The predicted molar refractivity (Wildman–Crippen MR) is 105 cm³/mol. The second-order valence-corrected chi connectivity index (χ2v) is 8.16. The molecule has 150 valence electrons. The maximum atomic E-state index is 12.6. The van der Waals surface area contributed by atoms with E-state index in [1.807, 2.05) is 19.1 Å². The first-order chi connectivity index (χ1) is 12.2. The van der Waals surface area contributed by atoms with E-state index >= 15 is 0 Å². The fourth-order valence-electron chi connectivity index (χ4n) is 2.04. The van der Waals surface area contributed by atoms with Crippen molar-refractivity contribution in [2.45, 2.75) is 66.2 Å². The number of nitrogens with zero attached hydrogens (tertiary/aromatic N) is 2. The second kappa shape index (κ2) is 8.28. The third-order valence-corrected chi connectivity index (χ3v) is 3.23. The maximum absolute atomic E-state index is 12.6. The normalized spacial score (nSPS) is 12.5. The van der Waals surface area contributed by atoms with Gasteiger partial charge in [0.05, 0.1) is 6.54 Å². The maximum Gasteiger partial charge on any atom is 0.437 e. The van der Waals surface area contributed by atoms with Gasteiger partial charge in [0.25, 0.3) is 0 Å². The summed E-state index contributed by atoms with van der Waals surface area (Å²) >= 11 is 0. The number of amides is 2. The lowest BCUT2D eigenvalue weighted by Crippen LogP contribution is -2.45. The Morgan fingerprint density at radius 1 is 1.07 bits per heavy atom. The van der Waals surface area contributed by atoms with Gasteiger partial charge in [0.2, 0.25) is 5.96 Å². The summed E-state index contributed by atoms with van der Waals surface area (Å²) in [6, 6.07) is 5.44. The highest BCUT2D eigenvalue weighted by atomic mass is 16.6. The average Bonchev–Trinajstić information content (AvgIpc) is 2.44. The summed E-state index contributed by atoms with van der Waals surface area (Å²) in [5.41, 5.74) is 12.6. The molecule has 0 bridgehead atoms. The van der Waals surface area contributed by atoms with Gasteiger partial charge in [0, 0.05) is 5.69 Å². The van der Waals surface area contributed by atoms with E-state index < -0.39 is 23.4 Å². The third-order valence-electron chi connectivity index (χ3n) is 3.23. The largest absolute Gasteiger partial charge is 0.443 e. The van der Waals surface area contributed by atoms with Gasteiger partial charge in [-0.2, -0.15) is 0 Å². The topological polar surface area (TPSA) is 120 Å². The minimum Gasteiger partial charge on any atom is -0.443 e. The monoisotopic (exact) mass is 378 g/mol. The summed E-state index contributed by atoms with van der Waals surface area (Å²) in [6.45, 7) is 12.2. The van der Waals surface area contributed by atoms with Crippen LogP contribution >= 0.6 is 0 Å². The highest BCUT2D eigenvalue weighted by Gasteiger charge is 2.27. The van der Waals surface area contributed by atoms with E-state index in [0.29, 0.717) is 11.3 Å². The lowest BCUT2D eigenvalue weighted by atomic mass is 10.1. The SMILES string of the molecule is Cc1cccc(CN(C(=O)OC(C)(C)C)C(N)=NC(=O)OC(C)(C)C)c1N. The van der Waals surface area contributed by atoms with E-state index in [4.69, 9.17) is 20.9 Å². The summed E-state index contributed by atoms with van der Waals surface area (Å²) in [5, 5.41) is 0. The number of benzene rings is 1. The van der Waals surface area contributed by atoms with Crippen LogP contribution in [0.1, 0.15) is 52.7 Å². The molecule has 0 aliphatic heterocycles. The van der Waals surface area contributed by atoms with Crippen LogP contribution in [0.5, 0.6) is 0 Å². The van der Waals surface area contributed by atoms with E-state index in [0.717, 1.165) is 10.5 Å². The molecule has 27 heavy (non-hydrogen) atoms. The van der Waals surface area contributed by atoms with Crippen LogP contribution in [0.25, 0.3) is 0 Å². The number of hydrogen-bond donors (Lipinski definition) is 2. The quantitative estimate of drug-likeness (QED) is 0.461. The first-order valence-electron chi connectivity index (χ1n) is 8.61. The Kier molecular flexibility index (Phi) is 6.83. The summed E-state index contributed by atoms with van der Waals surface area (Å²) in [7, 11) is 0. The molecule has 0 aliphatic rings. The Labute approximate surface area is 160 Å². The molecule has 0 saturated carbocycles. The first-order valence-corrected chi connectivity index (χ1v) is 8.61. The summed E-state index contributed by atoms with van der Waals surface area (Å²) in [6.07, 6.45) is -1.64. The average molecular weight is 378 g/mol. The van der Waals surface area contributed by atoms with E-state index in [1.165, 1.54) is 0 Å². The number of carbonyl (C=O) groups is 2. The zero-order valence-corrected chi connectivity index (χ0v) is 17.1. The molecule has 0 aliphatic carbocycles. The molecule has 0 atom stereocenters. The highest BCUT2D eigenvalue weighted by molar-refractivity contribution is 5.98. The van der Waals surface area contributed by atoms with Crippen molar-refractivity contribution in [2.24, 2.45) is 10.7 Å². The highest BCUT2D eigenvalue weighted by Crippen LogP contribution is 2.20. The van der Waals surface area contributed by atoms with Crippen molar-refractivity contribution in [2.75, 3.05) is 5.73 Å². The summed E-state index contributed by atoms with van der Waals surface area (Å²) < 4.78 is 10.5. The van der Waals surface area contributed by atoms with Crippen molar-refractivity contribution in [3.05, 3.63) is 29.3 Å². The molecule has 1 aromatic rings. The molecule has 1 aromatic carbocycles. The van der Waals surface area contributed by atoms with E-state index in [2.05, 4.69) is 4.99 Å². The van der Waals surface area contributed by atoms with Gasteiger partial charge in [-0.3, -0.25) is 0 Å². The molecule has 8 nitrogen and oxygen atoms in total. The Hall–Kier alpha value is -2.77. The van der Waals surface area contributed by atoms with Crippen molar-refractivity contribution in [3.63, 3.8) is 0 Å². The van der Waals surface area contributed by atoms with E-state index in [1.54, 1.807) is 47.6 Å². The van der Waals surface area contributed by atoms with Crippen LogP contribution in [-0.4, -0.2) is 34.2 Å². The lowest BCUT2D eigenvalue weighted by molar-refractivity contribution is 0.0356. The Morgan fingerprint density at radius 3 is 2.15 bits per heavy atom. The van der Waals surface area contributed by atoms with Gasteiger partial charge in [-0.1, -0.05) is 18.2 Å². The van der Waals surface area contributed by atoms with Gasteiger partial charge in [-0.15, -0.1) is 4.99 Å². The molecule has 0 aromatic heterocycles. The van der Waals surface area contributed by atoms with Gasteiger partial charge in [0.1, 0.15) is 11.2 Å². The van der Waals surface area contributed by atoms with Crippen LogP contribution < -0.4 is 11.5 Å². The summed E-state index contributed by atoms with van der Waals surface area (Å²) in [5.74, 6) is -0.334. The minimum atomic E-state index is -0.897. The van der Waals surface area contributed by atoms with E-state index in [-0.39, 0.29) is 12.5 Å². The van der Waals surface area contributed by atoms with Crippen molar-refractivity contribution in [1.29, 1.82) is 0 Å². The predicted octanol–water partition coefficient (Wildman–Crippen LogP) is 3.56. The molecule has 0 fully saturated rings. The molecule has 8 heteroatoms. The number of rotatable bonds is 2. The summed E-state index contributed by atoms with van der Waals surface area (Å²) in [4.78, 5) is 29.3. The van der Waals surface area contributed by atoms with Crippen LogP contribution in [0.15, 0.2) is 23.2 Å². The number of nitrogen functional groups attached to an aromatic ring is 1. The zero-order chi connectivity index (χ0) is 21.0. The number of hydrogen-bond acceptors (Lipinski definition) is 5. The smallest absolute Gasteiger partial charge is 0.437 e. The number of anilines is 1. The van der Waals surface area contributed by atoms with Gasteiger partial charge >= 0.3 is 12.2 Å². The minimum absolute atomic E-state index is 0.000553. The van der Waals surface area contributed by atoms with Crippen molar-refractivity contribution in [1.82, 2.24) is 4.90 Å². The molecular weight excluding hydrogens is 348 g/mol. The van der Waals surface area contributed by atoms with Crippen LogP contribution in [0.4, 0.5) is 15.3 Å². The molecule has 1 rings (SSSR count). The molecular formula is C19H30N4O4. The standard InChI is InChI=1S/C19H30N4O4/c1-12-9-8-10-13(14(12)20)11-23(17(25)27-19(5,6)7)15(21)22-16(24)26-18(2,3)4/h8-10H,11,20H2,1-7H3,(H2,21,22,24). The number of carbonyl (C=O) groups excluding carboxylic acids is 2. The zero-order valence-electron chi connectivity index (χ0n) is 17.1. The van der Waals surface area contributed by atoms with Gasteiger partial charge in [-0.05, 0) is 59.6 Å². The second-order valence-electron chi connectivity index (χ2n) is 8.16. The molecule has 0 spiro atoms. The fraction of sp³-hybridized carbons (Fsp3) is 0.526. The van der Waals surface area contributed by atoms with Crippen molar-refractivity contribution < 1.29 is 19.1 Å².